The lowest BCUT2D eigenvalue weighted by atomic mass is 9.98. The number of thiazole rings is 1. The molecule has 1 saturated heterocycles. The second kappa shape index (κ2) is 11.8. The maximum atomic E-state index is 13.1. The molecule has 14 nitrogen and oxygen atoms in total. The first kappa shape index (κ1) is 28.9. The zero-order valence-corrected chi connectivity index (χ0v) is 22.9. The molecule has 0 radical (unpaired) electrons. The lowest BCUT2D eigenvalue weighted by Crippen LogP contribution is -2.71. The Balaban J connectivity index is 1.77. The first-order valence-electron chi connectivity index (χ1n) is 11.1. The summed E-state index contributed by atoms with van der Waals surface area (Å²) in [4.78, 5) is 72.3. The van der Waals surface area contributed by atoms with Crippen LogP contribution in [0.15, 0.2) is 21.8 Å². The summed E-state index contributed by atoms with van der Waals surface area (Å²) in [5, 5.41) is 7.35. The first-order valence-corrected chi connectivity index (χ1v) is 13.1. The number of carbonyl (C=O) groups excluding carboxylic acids is 5. The molecule has 206 valence electrons. The molecule has 0 aromatic carbocycles. The average Bonchev–Trinajstić information content (AvgIpc) is 3.28. The van der Waals surface area contributed by atoms with Gasteiger partial charge in [0.2, 0.25) is 6.79 Å². The number of rotatable bonds is 9. The number of amides is 2. The van der Waals surface area contributed by atoms with Gasteiger partial charge in [-0.15, -0.1) is 23.1 Å². The van der Waals surface area contributed by atoms with Gasteiger partial charge in [0.05, 0.1) is 5.41 Å². The lowest BCUT2D eigenvalue weighted by Gasteiger charge is -2.49. The number of ether oxygens (including phenoxy) is 3. The van der Waals surface area contributed by atoms with E-state index in [9.17, 15) is 24.0 Å². The molecule has 2 atom stereocenters. The predicted molar refractivity (Wildman–Crippen MR) is 135 cm³/mol. The number of fused-ring (bicyclic) bond motifs is 1. The molecule has 2 aliphatic heterocycles. The summed E-state index contributed by atoms with van der Waals surface area (Å²) in [7, 11) is 1.25. The molecule has 16 heteroatoms. The van der Waals surface area contributed by atoms with Crippen molar-refractivity contribution in [1.82, 2.24) is 15.2 Å². The number of oxime groups is 1. The number of hydrogen-bond acceptors (Lipinski definition) is 14. The van der Waals surface area contributed by atoms with Gasteiger partial charge in [0, 0.05) is 23.6 Å². The van der Waals surface area contributed by atoms with Crippen LogP contribution in [0, 0.1) is 5.41 Å². The van der Waals surface area contributed by atoms with Gasteiger partial charge in [-0.2, -0.15) is 0 Å². The summed E-state index contributed by atoms with van der Waals surface area (Å²) in [5.41, 5.74) is 5.00. The number of nitrogens with zero attached hydrogens (tertiary/aromatic N) is 3. The van der Waals surface area contributed by atoms with E-state index in [1.165, 1.54) is 31.2 Å². The van der Waals surface area contributed by atoms with E-state index in [2.05, 4.69) is 15.5 Å². The van der Waals surface area contributed by atoms with Crippen LogP contribution >= 0.6 is 23.1 Å². The van der Waals surface area contributed by atoms with E-state index in [1.807, 2.05) is 0 Å². The second-order valence-electron chi connectivity index (χ2n) is 9.02. The third-order valence-corrected chi connectivity index (χ3v) is 7.15. The first-order chi connectivity index (χ1) is 17.8. The van der Waals surface area contributed by atoms with Crippen LogP contribution in [0.5, 0.6) is 0 Å². The van der Waals surface area contributed by atoms with E-state index in [4.69, 9.17) is 24.8 Å². The van der Waals surface area contributed by atoms with Crippen molar-refractivity contribution in [2.75, 3.05) is 32.0 Å². The van der Waals surface area contributed by atoms with Gasteiger partial charge in [0.1, 0.15) is 36.5 Å². The highest BCUT2D eigenvalue weighted by molar-refractivity contribution is 8.00. The van der Waals surface area contributed by atoms with Crippen LogP contribution < -0.4 is 11.1 Å². The molecule has 1 fully saturated rings. The number of aromatic nitrogens is 1. The molecule has 2 amide bonds. The number of nitrogens with two attached hydrogens (primary N) is 1. The Morgan fingerprint density at radius 3 is 2.53 bits per heavy atom. The highest BCUT2D eigenvalue weighted by Crippen LogP contribution is 2.40. The monoisotopic (exact) mass is 569 g/mol. The topological polar surface area (TPSA) is 189 Å². The molecule has 1 unspecified atom stereocenters. The molecule has 3 rings (SSSR count). The van der Waals surface area contributed by atoms with E-state index in [0.29, 0.717) is 5.57 Å². The lowest BCUT2D eigenvalue weighted by molar-refractivity contribution is -0.173. The summed E-state index contributed by atoms with van der Waals surface area (Å²) in [6, 6.07) is -1.01. The number of anilines is 1. The maximum absolute atomic E-state index is 13.1. The van der Waals surface area contributed by atoms with Gasteiger partial charge in [0.25, 0.3) is 11.8 Å². The van der Waals surface area contributed by atoms with Crippen molar-refractivity contribution < 1.29 is 43.0 Å². The number of carbonyl (C=O) groups is 5. The Hall–Kier alpha value is -3.66. The van der Waals surface area contributed by atoms with Crippen LogP contribution in [-0.4, -0.2) is 83.0 Å². The SMILES string of the molecule is CO/N=C(\C(=O)NC1C(=O)N2C(C(=O)OCOC(=O)C(C)(C)C)=C(COC(C)=O)CS[C@H]12)c1csc(N)n1. The summed E-state index contributed by atoms with van der Waals surface area (Å²) in [5.74, 6) is -3.26. The van der Waals surface area contributed by atoms with Gasteiger partial charge < -0.3 is 30.1 Å². The summed E-state index contributed by atoms with van der Waals surface area (Å²) >= 11 is 2.35. The summed E-state index contributed by atoms with van der Waals surface area (Å²) in [6.45, 7) is 5.20. The fraction of sp³-hybridized carbons (Fsp3) is 0.500. The number of nitrogens with one attached hydrogen (secondary N) is 1. The van der Waals surface area contributed by atoms with Gasteiger partial charge in [-0.1, -0.05) is 5.16 Å². The number of β-lactam (4-membered cyclic amide) rings is 1. The summed E-state index contributed by atoms with van der Waals surface area (Å²) < 4.78 is 15.1. The summed E-state index contributed by atoms with van der Waals surface area (Å²) in [6.07, 6.45) is 0. The zero-order chi connectivity index (χ0) is 28.2. The zero-order valence-electron chi connectivity index (χ0n) is 21.3. The largest absolute Gasteiger partial charge is 0.461 e. The normalized spacial score (nSPS) is 19.2. The highest BCUT2D eigenvalue weighted by Gasteiger charge is 2.55. The van der Waals surface area contributed by atoms with Crippen molar-refractivity contribution in [3.05, 3.63) is 22.3 Å². The molecule has 1 aromatic rings. The predicted octanol–water partition coefficient (Wildman–Crippen LogP) is 0.383. The van der Waals surface area contributed by atoms with Crippen LogP contribution in [0.3, 0.4) is 0 Å². The molecule has 3 heterocycles. The van der Waals surface area contributed by atoms with Crippen molar-refractivity contribution in [2.45, 2.75) is 39.1 Å². The fourth-order valence-corrected chi connectivity index (χ4v) is 5.17. The Kier molecular flexibility index (Phi) is 8.98. The van der Waals surface area contributed by atoms with Crippen molar-refractivity contribution in [3.63, 3.8) is 0 Å². The molecule has 0 spiro atoms. The minimum atomic E-state index is -1.01. The van der Waals surface area contributed by atoms with Gasteiger partial charge in [-0.25, -0.2) is 9.78 Å². The molecular weight excluding hydrogens is 542 g/mol. The van der Waals surface area contributed by atoms with E-state index in [0.717, 1.165) is 16.2 Å². The standard InChI is InChI=1S/C22H27N5O9S2/c1-10(28)34-6-11-7-37-18-14(25-16(29)13(26-33-5)12-8-38-21(23)24-12)17(30)27(18)15(11)19(31)35-9-36-20(32)22(2,3)4/h8,14,18H,6-7,9H2,1-5H3,(H2,23,24)(H,25,29)/b26-13-/t14?,18-/m1/s1. The van der Waals surface area contributed by atoms with Gasteiger partial charge in [-0.3, -0.25) is 24.1 Å². The third-order valence-electron chi connectivity index (χ3n) is 5.13. The number of nitrogen functional groups attached to an aromatic ring is 1. The van der Waals surface area contributed by atoms with Crippen LogP contribution in [0.2, 0.25) is 0 Å². The molecular formula is C22H27N5O9S2. The van der Waals surface area contributed by atoms with Crippen molar-refractivity contribution in [1.29, 1.82) is 0 Å². The van der Waals surface area contributed by atoms with Crippen LogP contribution in [0.1, 0.15) is 33.4 Å². The molecule has 0 saturated carbocycles. The van der Waals surface area contributed by atoms with Crippen molar-refractivity contribution in [3.8, 4) is 0 Å². The number of thioether (sulfide) groups is 1. The Labute approximate surface area is 225 Å². The Bertz CT molecular complexity index is 1200. The third kappa shape index (κ3) is 6.42. The van der Waals surface area contributed by atoms with Crippen LogP contribution in [-0.2, 0) is 43.0 Å². The van der Waals surface area contributed by atoms with Crippen molar-refractivity contribution in [2.24, 2.45) is 10.6 Å². The van der Waals surface area contributed by atoms with Crippen LogP contribution in [0.4, 0.5) is 5.13 Å². The van der Waals surface area contributed by atoms with Crippen LogP contribution in [0.25, 0.3) is 0 Å². The van der Waals surface area contributed by atoms with Gasteiger partial charge >= 0.3 is 17.9 Å². The van der Waals surface area contributed by atoms with Gasteiger partial charge in [-0.05, 0) is 20.8 Å². The smallest absolute Gasteiger partial charge is 0.358 e. The quantitative estimate of drug-likeness (QED) is 0.137. The number of hydrogen-bond donors (Lipinski definition) is 2. The Morgan fingerprint density at radius 1 is 1.24 bits per heavy atom. The maximum Gasteiger partial charge on any atom is 0.358 e. The minimum absolute atomic E-state index is 0.143. The molecule has 0 aliphatic carbocycles. The molecule has 1 aromatic heterocycles. The Morgan fingerprint density at radius 2 is 1.95 bits per heavy atom. The van der Waals surface area contributed by atoms with E-state index in [1.54, 1.807) is 20.8 Å². The number of esters is 3. The van der Waals surface area contributed by atoms with E-state index in [-0.39, 0.29) is 34.6 Å². The highest BCUT2D eigenvalue weighted by atomic mass is 32.2. The second-order valence-corrected chi connectivity index (χ2v) is 11.0. The minimum Gasteiger partial charge on any atom is -0.461 e. The van der Waals surface area contributed by atoms with E-state index >= 15 is 0 Å². The average molecular weight is 570 g/mol. The molecule has 3 N–H and O–H groups in total. The fourth-order valence-electron chi connectivity index (χ4n) is 3.29. The molecule has 2 aliphatic rings. The van der Waals surface area contributed by atoms with Gasteiger partial charge in [0.15, 0.2) is 10.8 Å². The molecule has 0 bridgehead atoms. The molecule has 38 heavy (non-hydrogen) atoms. The van der Waals surface area contributed by atoms with Crippen molar-refractivity contribution >= 4 is 63.7 Å². The van der Waals surface area contributed by atoms with E-state index < -0.39 is 53.3 Å².